The number of carbonyl (C=O) groups excluding carboxylic acids is 1. The Kier molecular flexibility index (Phi) is 6.93. The molecule has 0 aliphatic heterocycles. The van der Waals surface area contributed by atoms with E-state index in [0.717, 1.165) is 0 Å². The molecule has 0 saturated heterocycles. The van der Waals surface area contributed by atoms with Gasteiger partial charge in [0.15, 0.2) is 0 Å². The quantitative estimate of drug-likeness (QED) is 0.618. The van der Waals surface area contributed by atoms with Crippen molar-refractivity contribution in [2.24, 2.45) is 5.92 Å². The van der Waals surface area contributed by atoms with Crippen molar-refractivity contribution in [1.82, 2.24) is 5.32 Å². The summed E-state index contributed by atoms with van der Waals surface area (Å²) in [6.07, 6.45) is 0.553. The van der Waals surface area contributed by atoms with Gasteiger partial charge in [0.1, 0.15) is 5.92 Å². The molecule has 74 valence electrons. The van der Waals surface area contributed by atoms with Crippen LogP contribution in [0.1, 0.15) is 20.3 Å². The molecule has 0 aromatic rings. The van der Waals surface area contributed by atoms with Gasteiger partial charge in [-0.25, -0.2) is 0 Å². The van der Waals surface area contributed by atoms with E-state index in [-0.39, 0.29) is 5.91 Å². The fraction of sp³-hybridized carbons (Fsp3) is 0.778. The molecule has 0 saturated carbocycles. The Bertz CT molecular complexity index is 187. The van der Waals surface area contributed by atoms with Crippen LogP contribution in [0.25, 0.3) is 0 Å². The highest BCUT2D eigenvalue weighted by atomic mass is 16.5. The number of amides is 1. The highest BCUT2D eigenvalue weighted by Crippen LogP contribution is 1.99. The monoisotopic (exact) mass is 184 g/mol. The summed E-state index contributed by atoms with van der Waals surface area (Å²) in [5.41, 5.74) is 0. The van der Waals surface area contributed by atoms with E-state index in [0.29, 0.717) is 26.2 Å². The first kappa shape index (κ1) is 11.9. The number of nitrogens with zero attached hydrogens (tertiary/aromatic N) is 1. The van der Waals surface area contributed by atoms with Crippen LogP contribution in [0.15, 0.2) is 0 Å². The average molecular weight is 184 g/mol. The van der Waals surface area contributed by atoms with E-state index in [1.54, 1.807) is 0 Å². The molecule has 0 rings (SSSR count). The lowest BCUT2D eigenvalue weighted by Gasteiger charge is -2.07. The maximum Gasteiger partial charge on any atom is 0.237 e. The number of ether oxygens (including phenoxy) is 1. The van der Waals surface area contributed by atoms with Crippen molar-refractivity contribution in [2.75, 3.05) is 19.8 Å². The molecule has 1 amide bonds. The molecule has 1 N–H and O–H groups in total. The van der Waals surface area contributed by atoms with E-state index in [2.05, 4.69) is 5.32 Å². The number of hydrogen-bond acceptors (Lipinski definition) is 3. The molecule has 0 radical (unpaired) electrons. The molecule has 1 atom stereocenters. The van der Waals surface area contributed by atoms with E-state index >= 15 is 0 Å². The molecule has 0 aromatic carbocycles. The first-order chi connectivity index (χ1) is 6.26. The van der Waals surface area contributed by atoms with Gasteiger partial charge in [0.05, 0.1) is 12.7 Å². The normalized spacial score (nSPS) is 11.8. The van der Waals surface area contributed by atoms with Crippen LogP contribution in [0.4, 0.5) is 0 Å². The number of carbonyl (C=O) groups is 1. The molecule has 0 aromatic heterocycles. The molecular weight excluding hydrogens is 168 g/mol. The topological polar surface area (TPSA) is 62.1 Å². The second-order valence-corrected chi connectivity index (χ2v) is 2.58. The SMILES string of the molecule is CCOCCNC(=O)C(C#N)CC. The number of nitriles is 1. The highest BCUT2D eigenvalue weighted by molar-refractivity contribution is 5.80. The minimum Gasteiger partial charge on any atom is -0.380 e. The van der Waals surface area contributed by atoms with Crippen molar-refractivity contribution in [1.29, 1.82) is 5.26 Å². The zero-order valence-electron chi connectivity index (χ0n) is 8.17. The summed E-state index contributed by atoms with van der Waals surface area (Å²) in [6.45, 7) is 5.34. The fourth-order valence-electron chi connectivity index (χ4n) is 0.849. The molecule has 0 aliphatic rings. The summed E-state index contributed by atoms with van der Waals surface area (Å²) in [6, 6.07) is 1.94. The van der Waals surface area contributed by atoms with E-state index < -0.39 is 5.92 Å². The third-order valence-electron chi connectivity index (χ3n) is 1.63. The van der Waals surface area contributed by atoms with E-state index in [1.807, 2.05) is 19.9 Å². The van der Waals surface area contributed by atoms with Crippen LogP contribution in [-0.4, -0.2) is 25.7 Å². The number of hydrogen-bond donors (Lipinski definition) is 1. The number of rotatable bonds is 6. The average Bonchev–Trinajstić information content (AvgIpc) is 2.14. The van der Waals surface area contributed by atoms with Crippen molar-refractivity contribution in [3.8, 4) is 6.07 Å². The van der Waals surface area contributed by atoms with Gasteiger partial charge in [0, 0.05) is 13.2 Å². The smallest absolute Gasteiger partial charge is 0.237 e. The van der Waals surface area contributed by atoms with Crippen LogP contribution >= 0.6 is 0 Å². The van der Waals surface area contributed by atoms with Gasteiger partial charge in [-0.1, -0.05) is 6.92 Å². The Balaban J connectivity index is 3.56. The van der Waals surface area contributed by atoms with Crippen molar-refractivity contribution in [3.63, 3.8) is 0 Å². The van der Waals surface area contributed by atoms with Gasteiger partial charge in [-0.3, -0.25) is 4.79 Å². The lowest BCUT2D eigenvalue weighted by atomic mass is 10.1. The molecule has 1 unspecified atom stereocenters. The van der Waals surface area contributed by atoms with Gasteiger partial charge in [-0.05, 0) is 13.3 Å². The van der Waals surface area contributed by atoms with Gasteiger partial charge in [0.2, 0.25) is 5.91 Å². The van der Waals surface area contributed by atoms with Crippen LogP contribution in [0.2, 0.25) is 0 Å². The molecule has 0 fully saturated rings. The Morgan fingerprint density at radius 2 is 2.31 bits per heavy atom. The summed E-state index contributed by atoms with van der Waals surface area (Å²) < 4.78 is 5.03. The minimum atomic E-state index is -0.526. The summed E-state index contributed by atoms with van der Waals surface area (Å²) >= 11 is 0. The lowest BCUT2D eigenvalue weighted by Crippen LogP contribution is -2.32. The zero-order chi connectivity index (χ0) is 10.1. The van der Waals surface area contributed by atoms with Gasteiger partial charge in [-0.2, -0.15) is 5.26 Å². The van der Waals surface area contributed by atoms with Crippen LogP contribution in [0.3, 0.4) is 0 Å². The largest absolute Gasteiger partial charge is 0.380 e. The van der Waals surface area contributed by atoms with Crippen molar-refractivity contribution < 1.29 is 9.53 Å². The second-order valence-electron chi connectivity index (χ2n) is 2.58. The molecule has 0 aliphatic carbocycles. The van der Waals surface area contributed by atoms with Crippen LogP contribution in [-0.2, 0) is 9.53 Å². The van der Waals surface area contributed by atoms with Gasteiger partial charge < -0.3 is 10.1 Å². The molecule has 13 heavy (non-hydrogen) atoms. The summed E-state index contributed by atoms with van der Waals surface area (Å²) in [7, 11) is 0. The number of nitrogens with one attached hydrogen (secondary N) is 1. The molecule has 4 heteroatoms. The molecule has 0 spiro atoms. The van der Waals surface area contributed by atoms with E-state index in [1.165, 1.54) is 0 Å². The first-order valence-electron chi connectivity index (χ1n) is 4.51. The third kappa shape index (κ3) is 5.21. The van der Waals surface area contributed by atoms with Gasteiger partial charge in [-0.15, -0.1) is 0 Å². The Morgan fingerprint density at radius 3 is 2.77 bits per heavy atom. The predicted molar refractivity (Wildman–Crippen MR) is 48.9 cm³/mol. The maximum absolute atomic E-state index is 11.2. The van der Waals surface area contributed by atoms with E-state index in [9.17, 15) is 4.79 Å². The lowest BCUT2D eigenvalue weighted by molar-refractivity contribution is -0.123. The van der Waals surface area contributed by atoms with E-state index in [4.69, 9.17) is 10.00 Å². The molecule has 4 nitrogen and oxygen atoms in total. The molecule has 0 bridgehead atoms. The maximum atomic E-state index is 11.2. The van der Waals surface area contributed by atoms with Crippen LogP contribution in [0.5, 0.6) is 0 Å². The summed E-state index contributed by atoms with van der Waals surface area (Å²) in [4.78, 5) is 11.2. The highest BCUT2D eigenvalue weighted by Gasteiger charge is 2.13. The zero-order valence-corrected chi connectivity index (χ0v) is 8.17. The summed E-state index contributed by atoms with van der Waals surface area (Å²) in [5.74, 6) is -0.730. The van der Waals surface area contributed by atoms with Gasteiger partial charge >= 0.3 is 0 Å². The third-order valence-corrected chi connectivity index (χ3v) is 1.63. The molecule has 0 heterocycles. The Hall–Kier alpha value is -1.08. The predicted octanol–water partition coefficient (Wildman–Crippen LogP) is 0.689. The first-order valence-corrected chi connectivity index (χ1v) is 4.51. The van der Waals surface area contributed by atoms with Crippen LogP contribution < -0.4 is 5.32 Å². The van der Waals surface area contributed by atoms with Crippen molar-refractivity contribution in [3.05, 3.63) is 0 Å². The standard InChI is InChI=1S/C9H16N2O2/c1-3-8(7-10)9(12)11-5-6-13-4-2/h8H,3-6H2,1-2H3,(H,11,12). The van der Waals surface area contributed by atoms with Crippen molar-refractivity contribution in [2.45, 2.75) is 20.3 Å². The Labute approximate surface area is 78.9 Å². The summed E-state index contributed by atoms with van der Waals surface area (Å²) in [5, 5.41) is 11.2. The second kappa shape index (κ2) is 7.56. The molecular formula is C9H16N2O2. The van der Waals surface area contributed by atoms with Crippen molar-refractivity contribution >= 4 is 5.91 Å². The van der Waals surface area contributed by atoms with Gasteiger partial charge in [0.25, 0.3) is 0 Å². The van der Waals surface area contributed by atoms with Crippen LogP contribution in [0, 0.1) is 17.2 Å². The Morgan fingerprint density at radius 1 is 1.62 bits per heavy atom. The minimum absolute atomic E-state index is 0.204. The fourth-order valence-corrected chi connectivity index (χ4v) is 0.849.